The summed E-state index contributed by atoms with van der Waals surface area (Å²) in [6.45, 7) is 1.85. The molecule has 4 atom stereocenters. The molecule has 0 saturated carbocycles. The Bertz CT molecular complexity index is 648. The van der Waals surface area contributed by atoms with Gasteiger partial charge in [0.15, 0.2) is 0 Å². The molecule has 12 nitrogen and oxygen atoms in total. The maximum Gasteiger partial charge on any atom is 0.326 e. The van der Waals surface area contributed by atoms with Gasteiger partial charge < -0.3 is 37.6 Å². The lowest BCUT2D eigenvalue weighted by molar-refractivity contribution is -0.143. The Balaban J connectivity index is 5.42. The minimum Gasteiger partial charge on any atom is -0.481 e. The van der Waals surface area contributed by atoms with Crippen molar-refractivity contribution in [3.63, 3.8) is 0 Å². The molecule has 4 unspecified atom stereocenters. The van der Waals surface area contributed by atoms with Crippen LogP contribution in [-0.2, 0) is 24.0 Å². The molecule has 9 N–H and O–H groups in total. The molecule has 0 aromatic rings. The Labute approximate surface area is 191 Å². The number of hydrogen-bond acceptors (Lipinski definition) is 8. The number of rotatable bonds is 17. The first-order chi connectivity index (χ1) is 15.0. The zero-order chi connectivity index (χ0) is 24.7. The molecule has 0 aliphatic rings. The fourth-order valence-electron chi connectivity index (χ4n) is 2.64. The highest BCUT2D eigenvalue weighted by molar-refractivity contribution is 7.98. The van der Waals surface area contributed by atoms with Crippen molar-refractivity contribution in [2.75, 3.05) is 18.6 Å². The van der Waals surface area contributed by atoms with Crippen LogP contribution in [0.25, 0.3) is 0 Å². The van der Waals surface area contributed by atoms with E-state index in [4.69, 9.17) is 16.6 Å². The summed E-state index contributed by atoms with van der Waals surface area (Å²) in [5.41, 5.74) is 11.0. The molecule has 0 aromatic heterocycles. The lowest BCUT2D eigenvalue weighted by Gasteiger charge is -2.24. The number of hydrogen-bond donors (Lipinski definition) is 7. The van der Waals surface area contributed by atoms with E-state index in [1.54, 1.807) is 6.26 Å². The zero-order valence-electron chi connectivity index (χ0n) is 18.5. The van der Waals surface area contributed by atoms with Gasteiger partial charge in [-0.05, 0) is 57.6 Å². The minimum absolute atomic E-state index is 0.161. The summed E-state index contributed by atoms with van der Waals surface area (Å²) in [4.78, 5) is 59.9. The Kier molecular flexibility index (Phi) is 15.1. The third kappa shape index (κ3) is 12.5. The fraction of sp³-hybridized carbons (Fsp3) is 0.737. The lowest BCUT2D eigenvalue weighted by Crippen LogP contribution is -2.57. The van der Waals surface area contributed by atoms with Crippen molar-refractivity contribution in [3.8, 4) is 0 Å². The molecule has 13 heteroatoms. The fourth-order valence-corrected chi connectivity index (χ4v) is 3.11. The van der Waals surface area contributed by atoms with Crippen LogP contribution in [0.2, 0.25) is 0 Å². The van der Waals surface area contributed by atoms with E-state index < -0.39 is 60.2 Å². The Morgan fingerprint density at radius 1 is 0.844 bits per heavy atom. The van der Waals surface area contributed by atoms with E-state index in [-0.39, 0.29) is 19.3 Å². The Morgan fingerprint density at radius 3 is 1.84 bits per heavy atom. The predicted octanol–water partition coefficient (Wildman–Crippen LogP) is -1.38. The van der Waals surface area contributed by atoms with Crippen LogP contribution in [0.15, 0.2) is 0 Å². The average Bonchev–Trinajstić information content (AvgIpc) is 2.72. The number of unbranched alkanes of at least 4 members (excludes halogenated alkanes) is 1. The van der Waals surface area contributed by atoms with Crippen molar-refractivity contribution in [1.29, 1.82) is 0 Å². The summed E-state index contributed by atoms with van der Waals surface area (Å²) in [5, 5.41) is 25.6. The molecule has 0 aliphatic heterocycles. The molecule has 0 heterocycles. The molecule has 0 aliphatic carbocycles. The van der Waals surface area contributed by atoms with Crippen molar-refractivity contribution >= 4 is 41.4 Å². The summed E-state index contributed by atoms with van der Waals surface area (Å²) < 4.78 is 0. The van der Waals surface area contributed by atoms with Gasteiger partial charge in [0.25, 0.3) is 0 Å². The van der Waals surface area contributed by atoms with Crippen molar-refractivity contribution in [2.24, 2.45) is 11.5 Å². The van der Waals surface area contributed by atoms with Gasteiger partial charge in [-0.1, -0.05) is 0 Å². The molecule has 0 spiro atoms. The topological polar surface area (TPSA) is 214 Å². The average molecular weight is 478 g/mol. The third-order valence-electron chi connectivity index (χ3n) is 4.50. The summed E-state index contributed by atoms with van der Waals surface area (Å²) in [5.74, 6) is -4.01. The second kappa shape index (κ2) is 16.3. The highest BCUT2D eigenvalue weighted by Crippen LogP contribution is 2.07. The maximum atomic E-state index is 12.8. The van der Waals surface area contributed by atoms with E-state index in [0.29, 0.717) is 25.1 Å². The van der Waals surface area contributed by atoms with Crippen LogP contribution in [-0.4, -0.2) is 82.6 Å². The van der Waals surface area contributed by atoms with Crippen LogP contribution in [0.5, 0.6) is 0 Å². The number of thioether (sulfide) groups is 1. The standard InChI is InChI=1S/C19H35N5O7S/c1-11(21)16(27)22-12(5-3-4-9-20)17(28)23-13(6-7-15(25)26)18(29)24-14(19(30)31)8-10-32-2/h11-14H,3-10,20-21H2,1-2H3,(H,22,27)(H,23,28)(H,24,29)(H,25,26)(H,30,31). The van der Waals surface area contributed by atoms with Crippen LogP contribution in [0.3, 0.4) is 0 Å². The van der Waals surface area contributed by atoms with Gasteiger partial charge in [0.2, 0.25) is 17.7 Å². The van der Waals surface area contributed by atoms with Gasteiger partial charge in [0.1, 0.15) is 18.1 Å². The number of aliphatic carboxylic acids is 2. The molecule has 0 rings (SSSR count). The second-order valence-corrected chi connectivity index (χ2v) is 8.29. The van der Waals surface area contributed by atoms with Crippen LogP contribution in [0, 0.1) is 0 Å². The van der Waals surface area contributed by atoms with Crippen LogP contribution in [0.1, 0.15) is 45.4 Å². The van der Waals surface area contributed by atoms with Crippen molar-refractivity contribution in [2.45, 2.75) is 69.6 Å². The number of carboxylic acids is 2. The van der Waals surface area contributed by atoms with Crippen LogP contribution >= 0.6 is 11.8 Å². The number of nitrogens with one attached hydrogen (secondary N) is 3. The number of amides is 3. The molecular weight excluding hydrogens is 442 g/mol. The molecule has 32 heavy (non-hydrogen) atoms. The van der Waals surface area contributed by atoms with Crippen LogP contribution < -0.4 is 27.4 Å². The summed E-state index contributed by atoms with van der Waals surface area (Å²) >= 11 is 1.41. The summed E-state index contributed by atoms with van der Waals surface area (Å²) in [7, 11) is 0. The first-order valence-electron chi connectivity index (χ1n) is 10.3. The molecule has 184 valence electrons. The highest BCUT2D eigenvalue weighted by atomic mass is 32.2. The predicted molar refractivity (Wildman–Crippen MR) is 120 cm³/mol. The van der Waals surface area contributed by atoms with Crippen molar-refractivity contribution in [1.82, 2.24) is 16.0 Å². The number of carbonyl (C=O) groups is 5. The highest BCUT2D eigenvalue weighted by Gasteiger charge is 2.30. The van der Waals surface area contributed by atoms with E-state index in [0.717, 1.165) is 0 Å². The maximum absolute atomic E-state index is 12.8. The third-order valence-corrected chi connectivity index (χ3v) is 5.14. The first kappa shape index (κ1) is 29.6. The normalized spacial score (nSPS) is 14.5. The molecule has 0 aromatic carbocycles. The molecule has 3 amide bonds. The van der Waals surface area contributed by atoms with E-state index in [1.807, 2.05) is 0 Å². The van der Waals surface area contributed by atoms with Gasteiger partial charge in [-0.2, -0.15) is 11.8 Å². The van der Waals surface area contributed by atoms with Gasteiger partial charge in [0, 0.05) is 6.42 Å². The second-order valence-electron chi connectivity index (χ2n) is 7.31. The van der Waals surface area contributed by atoms with E-state index in [1.165, 1.54) is 18.7 Å². The quantitative estimate of drug-likeness (QED) is 0.122. The van der Waals surface area contributed by atoms with E-state index >= 15 is 0 Å². The van der Waals surface area contributed by atoms with Crippen molar-refractivity contribution < 1.29 is 34.2 Å². The molecular formula is C19H35N5O7S. The molecule has 0 bridgehead atoms. The number of nitrogens with two attached hydrogens (primary N) is 2. The van der Waals surface area contributed by atoms with Crippen molar-refractivity contribution in [3.05, 3.63) is 0 Å². The Morgan fingerprint density at radius 2 is 1.38 bits per heavy atom. The van der Waals surface area contributed by atoms with Gasteiger partial charge in [-0.15, -0.1) is 0 Å². The minimum atomic E-state index is -1.29. The number of carbonyl (C=O) groups excluding carboxylic acids is 3. The number of carboxylic acid groups (broad SMARTS) is 2. The SMILES string of the molecule is CSCCC(NC(=O)C(CCC(=O)O)NC(=O)C(CCCCN)NC(=O)C(C)N)C(=O)O. The lowest BCUT2D eigenvalue weighted by atomic mass is 10.1. The first-order valence-corrected chi connectivity index (χ1v) is 11.7. The largest absolute Gasteiger partial charge is 0.481 e. The molecule has 0 fully saturated rings. The molecule has 0 radical (unpaired) electrons. The zero-order valence-corrected chi connectivity index (χ0v) is 19.3. The van der Waals surface area contributed by atoms with E-state index in [2.05, 4.69) is 16.0 Å². The smallest absolute Gasteiger partial charge is 0.326 e. The van der Waals surface area contributed by atoms with Gasteiger partial charge in [-0.3, -0.25) is 19.2 Å². The Hall–Kier alpha value is -2.38. The summed E-state index contributed by atoms with van der Waals surface area (Å²) in [6, 6.07) is -4.35. The monoisotopic (exact) mass is 477 g/mol. The van der Waals surface area contributed by atoms with E-state index in [9.17, 15) is 29.1 Å². The molecule has 0 saturated heterocycles. The van der Waals surface area contributed by atoms with Crippen LogP contribution in [0.4, 0.5) is 0 Å². The van der Waals surface area contributed by atoms with Gasteiger partial charge >= 0.3 is 11.9 Å². The van der Waals surface area contributed by atoms with Gasteiger partial charge in [0.05, 0.1) is 6.04 Å². The van der Waals surface area contributed by atoms with Gasteiger partial charge in [-0.25, -0.2) is 4.79 Å². The summed E-state index contributed by atoms with van der Waals surface area (Å²) in [6.07, 6.45) is 2.64.